The smallest absolute Gasteiger partial charge is 0.870 e. The van der Waals surface area contributed by atoms with Crippen LogP contribution in [-0.4, -0.2) is 26.4 Å². The van der Waals surface area contributed by atoms with Crippen LogP contribution in [0.5, 0.6) is 0 Å². The van der Waals surface area contributed by atoms with Crippen LogP contribution in [0.2, 0.25) is 0 Å². The molecule has 0 aliphatic carbocycles. The maximum atomic E-state index is 14.3. The Morgan fingerprint density at radius 2 is 1.83 bits per heavy atom. The molecule has 2 aromatic carbocycles. The van der Waals surface area contributed by atoms with Gasteiger partial charge in [-0.15, -0.1) is 0 Å². The molecule has 4 rings (SSSR count). The van der Waals surface area contributed by atoms with Gasteiger partial charge in [0.2, 0.25) is 0 Å². The molecule has 0 atom stereocenters. The monoisotopic (exact) mass is 443 g/mol. The largest absolute Gasteiger partial charge is 1.00 e. The summed E-state index contributed by atoms with van der Waals surface area (Å²) in [5.41, 5.74) is 3.08. The molecule has 0 aliphatic rings. The van der Waals surface area contributed by atoms with Crippen LogP contribution in [0.4, 0.5) is 4.39 Å². The maximum Gasteiger partial charge on any atom is 1.00 e. The first-order chi connectivity index (χ1) is 13.1. The quantitative estimate of drug-likeness (QED) is 0.348. The van der Waals surface area contributed by atoms with Crippen molar-refractivity contribution in [1.82, 2.24) is 14.6 Å². The van der Waals surface area contributed by atoms with Crippen molar-refractivity contribution in [2.45, 2.75) is 0 Å². The summed E-state index contributed by atoms with van der Waals surface area (Å²) >= 11 is 3.23. The average molecular weight is 444 g/mol. The van der Waals surface area contributed by atoms with Crippen LogP contribution in [-0.2, 0) is 4.79 Å². The van der Waals surface area contributed by atoms with E-state index in [0.29, 0.717) is 32.6 Å². The molecule has 0 spiro atoms. The number of carbonyl (C=O) groups excluding carboxylic acids is 1. The number of benzene rings is 2. The number of nitriles is 1. The Morgan fingerprint density at radius 1 is 1.10 bits per heavy atom. The minimum absolute atomic E-state index is 0. The Balaban J connectivity index is 0.00000150. The van der Waals surface area contributed by atoms with E-state index in [-0.39, 0.29) is 30.0 Å². The van der Waals surface area contributed by atoms with Crippen molar-refractivity contribution in [3.05, 3.63) is 76.1 Å². The summed E-state index contributed by atoms with van der Waals surface area (Å²) in [5, 5.41) is 13.4. The molecule has 2 heterocycles. The van der Waals surface area contributed by atoms with Gasteiger partial charge in [0.15, 0.2) is 5.65 Å². The Bertz CT molecular complexity index is 1240. The van der Waals surface area contributed by atoms with Crippen molar-refractivity contribution < 1.29 is 33.5 Å². The molecule has 0 aliphatic heterocycles. The van der Waals surface area contributed by atoms with Crippen molar-refractivity contribution in [3.8, 4) is 28.6 Å². The van der Waals surface area contributed by atoms with Crippen LogP contribution in [0, 0.1) is 17.1 Å². The van der Waals surface area contributed by atoms with Crippen LogP contribution in [0.1, 0.15) is 11.3 Å². The fourth-order valence-corrected chi connectivity index (χ4v) is 3.11. The fraction of sp³-hybridized carbons (Fsp3) is 0. The van der Waals surface area contributed by atoms with Crippen molar-refractivity contribution in [2.75, 3.05) is 0 Å². The third-order valence-electron chi connectivity index (χ3n) is 4.05. The summed E-state index contributed by atoms with van der Waals surface area (Å²) in [6.07, 6.45) is 1.78. The van der Waals surface area contributed by atoms with E-state index in [2.05, 4.69) is 32.1 Å². The summed E-state index contributed by atoms with van der Waals surface area (Å²) in [6, 6.07) is 16.8. The maximum absolute atomic E-state index is 14.3. The van der Waals surface area contributed by atoms with Gasteiger partial charge in [0.25, 0.3) is 0 Å². The number of hydrogen-bond donors (Lipinski definition) is 0. The SMILES string of the molecule is N#Cc1ccc(-c2cc([C-]=O)nc3cc(-c4ccc(Br)cc4F)nn23)cc1.[Li+].[OH-]. The van der Waals surface area contributed by atoms with Crippen LogP contribution in [0.25, 0.3) is 28.2 Å². The van der Waals surface area contributed by atoms with Gasteiger partial charge in [-0.1, -0.05) is 33.8 Å². The number of nitrogens with zero attached hydrogens (tertiary/aromatic N) is 4. The second-order valence-electron chi connectivity index (χ2n) is 5.74. The van der Waals surface area contributed by atoms with Crippen molar-refractivity contribution in [3.63, 3.8) is 0 Å². The molecular formula is C20H10BrFLiN4O2-. The zero-order valence-electron chi connectivity index (χ0n) is 15.1. The molecule has 6 nitrogen and oxygen atoms in total. The first-order valence-corrected chi connectivity index (χ1v) is 8.63. The molecule has 0 radical (unpaired) electrons. The molecule has 0 unspecified atom stereocenters. The van der Waals surface area contributed by atoms with Gasteiger partial charge in [0.05, 0.1) is 17.3 Å². The van der Waals surface area contributed by atoms with Gasteiger partial charge < -0.3 is 10.3 Å². The number of hydrogen-bond acceptors (Lipinski definition) is 5. The summed E-state index contributed by atoms with van der Waals surface area (Å²) in [7, 11) is 0. The van der Waals surface area contributed by atoms with E-state index in [1.807, 2.05) is 0 Å². The molecule has 138 valence electrons. The molecule has 4 aromatic rings. The zero-order chi connectivity index (χ0) is 19.0. The Labute approximate surface area is 185 Å². The first-order valence-electron chi connectivity index (χ1n) is 7.84. The van der Waals surface area contributed by atoms with Crippen LogP contribution in [0.15, 0.2) is 59.1 Å². The molecular weight excluding hydrogens is 434 g/mol. The second-order valence-corrected chi connectivity index (χ2v) is 6.66. The van der Waals surface area contributed by atoms with E-state index in [0.717, 1.165) is 5.56 Å². The molecule has 0 bridgehead atoms. The van der Waals surface area contributed by atoms with E-state index in [4.69, 9.17) is 5.26 Å². The first kappa shape index (κ1) is 22.5. The zero-order valence-corrected chi connectivity index (χ0v) is 16.7. The van der Waals surface area contributed by atoms with E-state index in [1.54, 1.807) is 59.3 Å². The number of fused-ring (bicyclic) bond motifs is 1. The van der Waals surface area contributed by atoms with Gasteiger partial charge in [0.1, 0.15) is 5.82 Å². The van der Waals surface area contributed by atoms with E-state index >= 15 is 0 Å². The fourth-order valence-electron chi connectivity index (χ4n) is 2.78. The number of halogens is 2. The summed E-state index contributed by atoms with van der Waals surface area (Å²) in [6.45, 7) is 0. The molecule has 0 saturated heterocycles. The molecule has 0 amide bonds. The minimum atomic E-state index is -0.421. The number of aromatic nitrogens is 3. The van der Waals surface area contributed by atoms with Gasteiger partial charge in [-0.2, -0.15) is 16.4 Å². The van der Waals surface area contributed by atoms with Gasteiger partial charge >= 0.3 is 18.9 Å². The molecule has 0 fully saturated rings. The molecule has 0 saturated carbocycles. The molecule has 9 heteroatoms. The standard InChI is InChI=1S/C20H9BrFN4O.Li.H2O/c21-14-5-6-16(17(22)7-14)18-9-20-24-15(11-27)8-19(26(20)25-18)13-3-1-12(10-23)2-4-13;;/h1-9H;;1H2/q-1;+1;/p-1. The Morgan fingerprint density at radius 3 is 2.45 bits per heavy atom. The summed E-state index contributed by atoms with van der Waals surface area (Å²) in [5.74, 6) is -0.421. The number of rotatable bonds is 3. The van der Waals surface area contributed by atoms with Gasteiger partial charge in [-0.05, 0) is 41.6 Å². The topological polar surface area (TPSA) is 101 Å². The third kappa shape index (κ3) is 4.29. The van der Waals surface area contributed by atoms with E-state index < -0.39 is 5.82 Å². The minimum Gasteiger partial charge on any atom is -0.870 e. The average Bonchev–Trinajstić information content (AvgIpc) is 3.11. The van der Waals surface area contributed by atoms with Crippen molar-refractivity contribution >= 4 is 27.9 Å². The predicted molar refractivity (Wildman–Crippen MR) is 103 cm³/mol. The Hall–Kier alpha value is -2.81. The van der Waals surface area contributed by atoms with E-state index in [9.17, 15) is 9.18 Å². The van der Waals surface area contributed by atoms with Gasteiger partial charge in [-0.25, -0.2) is 8.91 Å². The van der Waals surface area contributed by atoms with Gasteiger partial charge in [0, 0.05) is 22.4 Å². The van der Waals surface area contributed by atoms with Crippen molar-refractivity contribution in [2.24, 2.45) is 0 Å². The van der Waals surface area contributed by atoms with Crippen molar-refractivity contribution in [1.29, 1.82) is 5.26 Å². The van der Waals surface area contributed by atoms with E-state index in [1.165, 1.54) is 6.07 Å². The predicted octanol–water partition coefficient (Wildman–Crippen LogP) is 1.12. The second kappa shape index (κ2) is 9.12. The van der Waals surface area contributed by atoms with Crippen LogP contribution < -0.4 is 18.9 Å². The molecule has 29 heavy (non-hydrogen) atoms. The summed E-state index contributed by atoms with van der Waals surface area (Å²) < 4.78 is 16.5. The third-order valence-corrected chi connectivity index (χ3v) is 4.54. The molecule has 2 aromatic heterocycles. The normalized spacial score (nSPS) is 9.97. The molecule has 1 N–H and O–H groups in total. The van der Waals surface area contributed by atoms with Crippen LogP contribution in [0.3, 0.4) is 0 Å². The van der Waals surface area contributed by atoms with Gasteiger partial charge in [-0.3, -0.25) is 4.98 Å². The Kier molecular flexibility index (Phi) is 7.07. The van der Waals surface area contributed by atoms with Crippen LogP contribution >= 0.6 is 15.9 Å². The summed E-state index contributed by atoms with van der Waals surface area (Å²) in [4.78, 5) is 15.4.